The third kappa shape index (κ3) is 5.76. The van der Waals surface area contributed by atoms with Crippen LogP contribution in [0.1, 0.15) is 26.3 Å². The van der Waals surface area contributed by atoms with Crippen molar-refractivity contribution in [1.29, 1.82) is 0 Å². The molecule has 2 heteroatoms. The molecule has 0 saturated heterocycles. The first-order valence-corrected chi connectivity index (χ1v) is 5.87. The van der Waals surface area contributed by atoms with Gasteiger partial charge in [0, 0.05) is 13.1 Å². The minimum absolute atomic E-state index is 0.337. The predicted octanol–water partition coefficient (Wildman–Crippen LogP) is 3.01. The summed E-state index contributed by atoms with van der Waals surface area (Å²) in [6.45, 7) is 11.4. The van der Waals surface area contributed by atoms with E-state index in [9.17, 15) is 0 Å². The molecule has 0 aliphatic heterocycles. The van der Waals surface area contributed by atoms with Crippen molar-refractivity contribution < 1.29 is 4.74 Å². The molecule has 0 fully saturated rings. The van der Waals surface area contributed by atoms with E-state index in [1.807, 2.05) is 12.1 Å². The molecule has 0 saturated carbocycles. The predicted molar refractivity (Wildman–Crippen MR) is 69.0 cm³/mol. The third-order valence-corrected chi connectivity index (χ3v) is 2.19. The molecule has 0 amide bonds. The molecule has 0 unspecified atom stereocenters. The second-order valence-electron chi connectivity index (χ2n) is 5.40. The van der Waals surface area contributed by atoms with Crippen molar-refractivity contribution >= 4 is 0 Å². The van der Waals surface area contributed by atoms with Crippen LogP contribution in [0, 0.1) is 12.3 Å². The van der Waals surface area contributed by atoms with Crippen LogP contribution in [0.2, 0.25) is 0 Å². The van der Waals surface area contributed by atoms with Crippen LogP contribution in [0.5, 0.6) is 5.75 Å². The molecule has 0 atom stereocenters. The minimum atomic E-state index is 0.337. The SMILES string of the molecule is Cc1cccc(OCCNCC(C)(C)C)c1. The summed E-state index contributed by atoms with van der Waals surface area (Å²) >= 11 is 0. The molecule has 1 N–H and O–H groups in total. The van der Waals surface area contributed by atoms with Gasteiger partial charge >= 0.3 is 0 Å². The second-order valence-corrected chi connectivity index (χ2v) is 5.40. The van der Waals surface area contributed by atoms with E-state index in [-0.39, 0.29) is 0 Å². The van der Waals surface area contributed by atoms with Gasteiger partial charge in [-0.1, -0.05) is 32.9 Å². The first kappa shape index (κ1) is 13.0. The summed E-state index contributed by atoms with van der Waals surface area (Å²) in [4.78, 5) is 0. The summed E-state index contributed by atoms with van der Waals surface area (Å²) in [7, 11) is 0. The second kappa shape index (κ2) is 5.90. The van der Waals surface area contributed by atoms with E-state index in [2.05, 4.69) is 45.1 Å². The Morgan fingerprint density at radius 2 is 2.00 bits per heavy atom. The van der Waals surface area contributed by atoms with E-state index < -0.39 is 0 Å². The Kier molecular flexibility index (Phi) is 4.81. The zero-order valence-electron chi connectivity index (χ0n) is 10.8. The van der Waals surface area contributed by atoms with Crippen molar-refractivity contribution in [1.82, 2.24) is 5.32 Å². The number of ether oxygens (including phenoxy) is 1. The molecule has 2 nitrogen and oxygen atoms in total. The molecule has 0 aliphatic carbocycles. The number of hydrogen-bond acceptors (Lipinski definition) is 2. The number of rotatable bonds is 5. The molecule has 0 bridgehead atoms. The van der Waals surface area contributed by atoms with Gasteiger partial charge in [0.05, 0.1) is 0 Å². The van der Waals surface area contributed by atoms with Crippen molar-refractivity contribution in [2.45, 2.75) is 27.7 Å². The lowest BCUT2D eigenvalue weighted by Crippen LogP contribution is -2.30. The number of aryl methyl sites for hydroxylation is 1. The Morgan fingerprint density at radius 3 is 2.62 bits per heavy atom. The minimum Gasteiger partial charge on any atom is -0.492 e. The van der Waals surface area contributed by atoms with Crippen LogP contribution in [-0.2, 0) is 0 Å². The molecule has 0 heterocycles. The molecule has 0 aliphatic rings. The lowest BCUT2D eigenvalue weighted by atomic mass is 9.97. The van der Waals surface area contributed by atoms with Crippen molar-refractivity contribution in [3.63, 3.8) is 0 Å². The maximum absolute atomic E-state index is 5.64. The highest BCUT2D eigenvalue weighted by atomic mass is 16.5. The highest BCUT2D eigenvalue weighted by Crippen LogP contribution is 2.12. The Balaban J connectivity index is 2.17. The van der Waals surface area contributed by atoms with Gasteiger partial charge in [-0.3, -0.25) is 0 Å². The van der Waals surface area contributed by atoms with Crippen molar-refractivity contribution in [3.8, 4) is 5.75 Å². The summed E-state index contributed by atoms with van der Waals surface area (Å²) in [6.07, 6.45) is 0. The first-order chi connectivity index (χ1) is 7.47. The number of benzene rings is 1. The van der Waals surface area contributed by atoms with Crippen molar-refractivity contribution in [2.75, 3.05) is 19.7 Å². The van der Waals surface area contributed by atoms with E-state index in [0.29, 0.717) is 5.41 Å². The van der Waals surface area contributed by atoms with Gasteiger partial charge in [0.15, 0.2) is 0 Å². The molecule has 0 aromatic heterocycles. The molecular formula is C14H23NO. The van der Waals surface area contributed by atoms with Gasteiger partial charge in [-0.25, -0.2) is 0 Å². The van der Waals surface area contributed by atoms with Crippen LogP contribution in [0.25, 0.3) is 0 Å². The van der Waals surface area contributed by atoms with Crippen LogP contribution in [-0.4, -0.2) is 19.7 Å². The zero-order valence-corrected chi connectivity index (χ0v) is 10.8. The number of nitrogens with one attached hydrogen (secondary N) is 1. The smallest absolute Gasteiger partial charge is 0.119 e. The lowest BCUT2D eigenvalue weighted by Gasteiger charge is -2.18. The van der Waals surface area contributed by atoms with E-state index in [0.717, 1.165) is 25.4 Å². The fourth-order valence-electron chi connectivity index (χ4n) is 1.41. The van der Waals surface area contributed by atoms with Crippen LogP contribution >= 0.6 is 0 Å². The normalized spacial score (nSPS) is 11.5. The van der Waals surface area contributed by atoms with Crippen molar-refractivity contribution in [2.24, 2.45) is 5.41 Å². The van der Waals surface area contributed by atoms with E-state index in [4.69, 9.17) is 4.74 Å². The van der Waals surface area contributed by atoms with Gasteiger partial charge in [0.1, 0.15) is 12.4 Å². The summed E-state index contributed by atoms with van der Waals surface area (Å²) in [6, 6.07) is 8.15. The fourth-order valence-corrected chi connectivity index (χ4v) is 1.41. The average Bonchev–Trinajstić information content (AvgIpc) is 2.15. The van der Waals surface area contributed by atoms with Crippen molar-refractivity contribution in [3.05, 3.63) is 29.8 Å². The molecule has 1 aromatic carbocycles. The summed E-state index contributed by atoms with van der Waals surface area (Å²) in [5, 5.41) is 3.39. The molecule has 0 spiro atoms. The van der Waals surface area contributed by atoms with E-state index in [1.54, 1.807) is 0 Å². The quantitative estimate of drug-likeness (QED) is 0.772. The van der Waals surface area contributed by atoms with Crippen LogP contribution in [0.4, 0.5) is 0 Å². The summed E-state index contributed by atoms with van der Waals surface area (Å²) < 4.78 is 5.64. The first-order valence-electron chi connectivity index (χ1n) is 5.87. The van der Waals surface area contributed by atoms with Crippen LogP contribution in [0.15, 0.2) is 24.3 Å². The molecule has 0 radical (unpaired) electrons. The zero-order chi connectivity index (χ0) is 12.0. The summed E-state index contributed by atoms with van der Waals surface area (Å²) in [5.41, 5.74) is 1.57. The lowest BCUT2D eigenvalue weighted by molar-refractivity contribution is 0.297. The fraction of sp³-hybridized carbons (Fsp3) is 0.571. The van der Waals surface area contributed by atoms with Gasteiger partial charge in [-0.15, -0.1) is 0 Å². The van der Waals surface area contributed by atoms with E-state index >= 15 is 0 Å². The average molecular weight is 221 g/mol. The Hall–Kier alpha value is -1.02. The van der Waals surface area contributed by atoms with Crippen LogP contribution < -0.4 is 10.1 Å². The summed E-state index contributed by atoms with van der Waals surface area (Å²) in [5.74, 6) is 0.956. The third-order valence-electron chi connectivity index (χ3n) is 2.19. The van der Waals surface area contributed by atoms with Gasteiger partial charge in [0.25, 0.3) is 0 Å². The van der Waals surface area contributed by atoms with Gasteiger partial charge in [-0.2, -0.15) is 0 Å². The van der Waals surface area contributed by atoms with Gasteiger partial charge < -0.3 is 10.1 Å². The van der Waals surface area contributed by atoms with Gasteiger partial charge in [-0.05, 0) is 30.0 Å². The molecule has 16 heavy (non-hydrogen) atoms. The Bertz CT molecular complexity index is 315. The number of hydrogen-bond donors (Lipinski definition) is 1. The highest BCUT2D eigenvalue weighted by molar-refractivity contribution is 5.27. The standard InChI is InChI=1S/C14H23NO/c1-12-6-5-7-13(10-12)16-9-8-15-11-14(2,3)4/h5-7,10,15H,8-9,11H2,1-4H3. The monoisotopic (exact) mass is 221 g/mol. The largest absolute Gasteiger partial charge is 0.492 e. The topological polar surface area (TPSA) is 21.3 Å². The van der Waals surface area contributed by atoms with E-state index in [1.165, 1.54) is 5.56 Å². The van der Waals surface area contributed by atoms with Crippen LogP contribution in [0.3, 0.4) is 0 Å². The Morgan fingerprint density at radius 1 is 1.25 bits per heavy atom. The molecular weight excluding hydrogens is 198 g/mol. The Labute approximate surface area is 99.0 Å². The maximum Gasteiger partial charge on any atom is 0.119 e. The van der Waals surface area contributed by atoms with Gasteiger partial charge in [0.2, 0.25) is 0 Å². The maximum atomic E-state index is 5.64. The molecule has 1 rings (SSSR count). The highest BCUT2D eigenvalue weighted by Gasteiger charge is 2.08. The molecule has 1 aromatic rings. The molecule has 90 valence electrons.